The second-order valence-electron chi connectivity index (χ2n) is 12.7. The third kappa shape index (κ3) is 8.71. The Morgan fingerprint density at radius 2 is 1.63 bits per heavy atom. The molecule has 2 saturated heterocycles. The average molecular weight is 674 g/mol. The number of primary amides is 1. The molecule has 13 heteroatoms. The van der Waals surface area contributed by atoms with E-state index in [1.807, 2.05) is 35.2 Å². The van der Waals surface area contributed by atoms with Crippen LogP contribution < -0.4 is 21.3 Å². The molecule has 2 fully saturated rings. The molecule has 0 radical (unpaired) electrons. The molecule has 0 atom stereocenters. The quantitative estimate of drug-likeness (QED) is 0.156. The van der Waals surface area contributed by atoms with E-state index in [2.05, 4.69) is 25.7 Å². The molecule has 6 rings (SSSR count). The Labute approximate surface area is 283 Å². The van der Waals surface area contributed by atoms with Crippen LogP contribution in [0.25, 0.3) is 10.9 Å². The normalized spacial score (nSPS) is 15.4. The summed E-state index contributed by atoms with van der Waals surface area (Å²) in [6, 6.07) is 14.8. The van der Waals surface area contributed by atoms with Gasteiger partial charge in [0, 0.05) is 81.1 Å². The Kier molecular flexibility index (Phi) is 10.7. The summed E-state index contributed by atoms with van der Waals surface area (Å²) in [5.74, 6) is -1.52. The molecule has 11 nitrogen and oxygen atoms in total. The molecule has 4 aromatic rings. The maximum atomic E-state index is 13.8. The summed E-state index contributed by atoms with van der Waals surface area (Å²) in [5.41, 5.74) is 9.33. The van der Waals surface area contributed by atoms with Gasteiger partial charge in [0.1, 0.15) is 11.6 Å². The molecular formula is C36H41F2N7O4. The van der Waals surface area contributed by atoms with E-state index >= 15 is 0 Å². The molecule has 0 spiro atoms. The number of unbranched alkanes of at least 4 members (excludes halogenated alkanes) is 1. The first-order valence-electron chi connectivity index (χ1n) is 16.7. The topological polar surface area (TPSA) is 146 Å². The smallest absolute Gasteiger partial charge is 0.258 e. The minimum absolute atomic E-state index is 0.0823. The van der Waals surface area contributed by atoms with Crippen molar-refractivity contribution >= 4 is 45.8 Å². The molecule has 1 aromatic heterocycles. The number of hydrogen-bond acceptors (Lipinski definition) is 7. The van der Waals surface area contributed by atoms with Gasteiger partial charge in [0.15, 0.2) is 5.82 Å². The molecular weight excluding hydrogens is 632 g/mol. The van der Waals surface area contributed by atoms with E-state index in [1.165, 1.54) is 12.1 Å². The van der Waals surface area contributed by atoms with Gasteiger partial charge < -0.3 is 30.9 Å². The number of aromatic nitrogens is 2. The zero-order valence-electron chi connectivity index (χ0n) is 27.3. The number of nitrogens with one attached hydrogen (secondary N) is 3. The summed E-state index contributed by atoms with van der Waals surface area (Å²) >= 11 is 0. The monoisotopic (exact) mass is 673 g/mol. The van der Waals surface area contributed by atoms with Crippen LogP contribution in [0, 0.1) is 11.6 Å². The van der Waals surface area contributed by atoms with E-state index in [-0.39, 0.29) is 23.8 Å². The Balaban J connectivity index is 1.16. The number of fused-ring (bicyclic) bond motifs is 1. The molecule has 3 aromatic carbocycles. The molecule has 258 valence electrons. The molecule has 0 bridgehead atoms. The van der Waals surface area contributed by atoms with Crippen LogP contribution >= 0.6 is 0 Å². The highest BCUT2D eigenvalue weighted by Gasteiger charge is 2.24. The van der Waals surface area contributed by atoms with Crippen molar-refractivity contribution in [2.45, 2.75) is 51.0 Å². The molecule has 2 aliphatic heterocycles. The van der Waals surface area contributed by atoms with Gasteiger partial charge in [-0.25, -0.2) is 8.78 Å². The summed E-state index contributed by atoms with van der Waals surface area (Å²) in [4.78, 5) is 41.6. The number of nitrogens with two attached hydrogens (primary N) is 1. The number of piperazine rings is 1. The maximum Gasteiger partial charge on any atom is 0.258 e. The second-order valence-corrected chi connectivity index (χ2v) is 12.7. The number of carbonyl (C=O) groups excluding carboxylic acids is 3. The number of nitrogens with zero attached hydrogens (tertiary/aromatic N) is 3. The standard InChI is InChI=1S/C36H41F2N7O4/c37-25-18-24(19-26(38)21-25)17-23-5-8-31-30(20-23)35(43-42-31)41-36(48)29-7-6-28(22-32(29)40-27-9-15-49-16-10-27)44-11-13-45(14-12-44)34(47)4-2-1-3-33(39)46/h5-8,18-22,27,40H,1-4,9-17H2,(H2,39,46)(H2,41,42,43,48). The summed E-state index contributed by atoms with van der Waals surface area (Å²) in [7, 11) is 0. The maximum absolute atomic E-state index is 13.8. The number of aromatic amines is 1. The lowest BCUT2D eigenvalue weighted by molar-refractivity contribution is -0.131. The van der Waals surface area contributed by atoms with Crippen LogP contribution in [0.2, 0.25) is 0 Å². The van der Waals surface area contributed by atoms with Gasteiger partial charge in [-0.15, -0.1) is 0 Å². The van der Waals surface area contributed by atoms with Crippen LogP contribution in [0.15, 0.2) is 54.6 Å². The fourth-order valence-corrected chi connectivity index (χ4v) is 6.45. The van der Waals surface area contributed by atoms with Gasteiger partial charge in [0.05, 0.1) is 11.1 Å². The first kappa shape index (κ1) is 33.8. The lowest BCUT2D eigenvalue weighted by atomic mass is 10.0. The molecule has 5 N–H and O–H groups in total. The first-order valence-corrected chi connectivity index (χ1v) is 16.7. The molecule has 3 amide bonds. The van der Waals surface area contributed by atoms with Crippen LogP contribution in [-0.4, -0.2) is 78.3 Å². The molecule has 2 aliphatic rings. The van der Waals surface area contributed by atoms with Gasteiger partial charge >= 0.3 is 0 Å². The van der Waals surface area contributed by atoms with Crippen molar-refractivity contribution in [2.24, 2.45) is 5.73 Å². The second kappa shape index (κ2) is 15.5. The highest BCUT2D eigenvalue weighted by atomic mass is 19.1. The summed E-state index contributed by atoms with van der Waals surface area (Å²) in [5, 5.41) is 14.5. The highest BCUT2D eigenvalue weighted by molar-refractivity contribution is 6.11. The molecule has 0 unspecified atom stereocenters. The number of halogens is 2. The lowest BCUT2D eigenvalue weighted by Gasteiger charge is -2.36. The molecule has 0 aliphatic carbocycles. The first-order chi connectivity index (χ1) is 23.7. The number of anilines is 3. The highest BCUT2D eigenvalue weighted by Crippen LogP contribution is 2.29. The van der Waals surface area contributed by atoms with Gasteiger partial charge in [-0.3, -0.25) is 19.5 Å². The third-order valence-corrected chi connectivity index (χ3v) is 9.08. The predicted octanol–water partition coefficient (Wildman–Crippen LogP) is 4.97. The van der Waals surface area contributed by atoms with Crippen molar-refractivity contribution in [1.29, 1.82) is 0 Å². The van der Waals surface area contributed by atoms with Crippen molar-refractivity contribution in [3.63, 3.8) is 0 Å². The molecule has 49 heavy (non-hydrogen) atoms. The van der Waals surface area contributed by atoms with Gasteiger partial charge in [0.2, 0.25) is 11.8 Å². The largest absolute Gasteiger partial charge is 0.381 e. The van der Waals surface area contributed by atoms with Crippen LogP contribution in [0.3, 0.4) is 0 Å². The van der Waals surface area contributed by atoms with Crippen molar-refractivity contribution < 1.29 is 27.9 Å². The fourth-order valence-electron chi connectivity index (χ4n) is 6.45. The number of hydrogen-bond donors (Lipinski definition) is 4. The van der Waals surface area contributed by atoms with Crippen molar-refractivity contribution in [3.8, 4) is 0 Å². The predicted molar refractivity (Wildman–Crippen MR) is 184 cm³/mol. The minimum Gasteiger partial charge on any atom is -0.381 e. The van der Waals surface area contributed by atoms with Gasteiger partial charge in [-0.2, -0.15) is 5.10 Å². The summed E-state index contributed by atoms with van der Waals surface area (Å²) in [6.45, 7) is 3.75. The van der Waals surface area contributed by atoms with Gasteiger partial charge in [-0.05, 0) is 85.7 Å². The Morgan fingerprint density at radius 3 is 2.37 bits per heavy atom. The van der Waals surface area contributed by atoms with Crippen molar-refractivity contribution in [1.82, 2.24) is 15.1 Å². The number of amides is 3. The minimum atomic E-state index is -0.633. The zero-order chi connectivity index (χ0) is 34.3. The average Bonchev–Trinajstić information content (AvgIpc) is 3.48. The van der Waals surface area contributed by atoms with E-state index in [1.54, 1.807) is 6.07 Å². The Bertz CT molecular complexity index is 1800. The van der Waals surface area contributed by atoms with Crippen molar-refractivity contribution in [2.75, 3.05) is 54.9 Å². The van der Waals surface area contributed by atoms with Gasteiger partial charge in [0.25, 0.3) is 5.91 Å². The van der Waals surface area contributed by atoms with Crippen LogP contribution in [0.5, 0.6) is 0 Å². The van der Waals surface area contributed by atoms with E-state index < -0.39 is 11.6 Å². The SMILES string of the molecule is NC(=O)CCCCC(=O)N1CCN(c2ccc(C(=O)Nc3n[nH]c4ccc(Cc5cc(F)cc(F)c5)cc34)c(NC3CCOCC3)c2)CC1. The van der Waals surface area contributed by atoms with Gasteiger partial charge in [-0.1, -0.05) is 6.07 Å². The third-order valence-electron chi connectivity index (χ3n) is 9.08. The number of rotatable bonds is 12. The number of benzene rings is 3. The number of carbonyl (C=O) groups is 3. The summed E-state index contributed by atoms with van der Waals surface area (Å²) < 4.78 is 33.1. The van der Waals surface area contributed by atoms with Crippen molar-refractivity contribution in [3.05, 3.63) is 82.9 Å². The Hall–Kier alpha value is -5.04. The van der Waals surface area contributed by atoms with E-state index in [9.17, 15) is 23.2 Å². The summed E-state index contributed by atoms with van der Waals surface area (Å²) in [6.07, 6.45) is 3.87. The Morgan fingerprint density at radius 1 is 0.898 bits per heavy atom. The van der Waals surface area contributed by atoms with Crippen LogP contribution in [-0.2, 0) is 20.7 Å². The van der Waals surface area contributed by atoms with Crippen LogP contribution in [0.4, 0.5) is 26.0 Å². The van der Waals surface area contributed by atoms with E-state index in [4.69, 9.17) is 10.5 Å². The zero-order valence-corrected chi connectivity index (χ0v) is 27.3. The number of H-pyrrole nitrogens is 1. The number of ether oxygens (including phenoxy) is 1. The van der Waals surface area contributed by atoms with E-state index in [0.717, 1.165) is 30.2 Å². The molecule has 3 heterocycles. The lowest BCUT2D eigenvalue weighted by Crippen LogP contribution is -2.48. The molecule has 0 saturated carbocycles. The van der Waals surface area contributed by atoms with E-state index in [0.29, 0.717) is 105 Å². The fraction of sp³-hybridized carbons (Fsp3) is 0.389. The van der Waals surface area contributed by atoms with Crippen LogP contribution in [0.1, 0.15) is 60.0 Å².